The highest BCUT2D eigenvalue weighted by atomic mass is 16.2. The fraction of sp³-hybridized carbons (Fsp3) is 0.500. The number of nitrogens with one attached hydrogen (secondary N) is 3. The van der Waals surface area contributed by atoms with Crippen LogP contribution in [0.5, 0.6) is 0 Å². The molecule has 1 aromatic rings. The second-order valence-electron chi connectivity index (χ2n) is 7.61. The number of fused-ring (bicyclic) bond motifs is 1. The van der Waals surface area contributed by atoms with Gasteiger partial charge in [-0.3, -0.25) is 29.4 Å². The minimum Gasteiger partial charge on any atom is -0.317 e. The zero-order valence-electron chi connectivity index (χ0n) is 15.6. The zero-order chi connectivity index (χ0) is 19.7. The van der Waals surface area contributed by atoms with Gasteiger partial charge in [0.25, 0.3) is 11.8 Å². The summed E-state index contributed by atoms with van der Waals surface area (Å²) in [7, 11) is 0. The zero-order valence-corrected chi connectivity index (χ0v) is 15.6. The van der Waals surface area contributed by atoms with Gasteiger partial charge in [0.05, 0.1) is 11.1 Å². The molecule has 8 heteroatoms. The smallest absolute Gasteiger partial charge is 0.262 e. The van der Waals surface area contributed by atoms with E-state index in [1.54, 1.807) is 12.1 Å². The molecule has 0 saturated carbocycles. The molecule has 0 spiro atoms. The van der Waals surface area contributed by atoms with Crippen LogP contribution in [0.3, 0.4) is 0 Å². The number of nitrogens with zero attached hydrogens (tertiary/aromatic N) is 1. The molecule has 0 aliphatic carbocycles. The Morgan fingerprint density at radius 1 is 1.04 bits per heavy atom. The normalized spacial score (nSPS) is 23.1. The number of carbonyl (C=O) groups excluding carboxylic acids is 4. The van der Waals surface area contributed by atoms with E-state index in [0.29, 0.717) is 23.6 Å². The van der Waals surface area contributed by atoms with Crippen LogP contribution in [0.2, 0.25) is 0 Å². The summed E-state index contributed by atoms with van der Waals surface area (Å²) in [6.07, 6.45) is 2.54. The number of piperidine rings is 2. The van der Waals surface area contributed by atoms with Crippen molar-refractivity contribution in [1.82, 2.24) is 20.9 Å². The van der Waals surface area contributed by atoms with Crippen LogP contribution in [0.4, 0.5) is 0 Å². The van der Waals surface area contributed by atoms with Gasteiger partial charge in [-0.2, -0.15) is 0 Å². The molecule has 1 atom stereocenters. The molecule has 2 fully saturated rings. The van der Waals surface area contributed by atoms with Gasteiger partial charge in [-0.25, -0.2) is 0 Å². The van der Waals surface area contributed by atoms with Gasteiger partial charge in [0.2, 0.25) is 11.8 Å². The second-order valence-corrected chi connectivity index (χ2v) is 7.61. The van der Waals surface area contributed by atoms with Crippen molar-refractivity contribution in [2.75, 3.05) is 19.6 Å². The standard InChI is InChI=1S/C20H24N4O4/c25-16-5-4-15(18(26)23-16)24-19(27)14-3-1-2-13(17(14)20(24)28)11-22-10-12-6-8-21-9-7-12/h1-3,12,15,21-22H,4-11H2,(H,23,25,26). The highest BCUT2D eigenvalue weighted by Crippen LogP contribution is 2.30. The number of hydrogen-bond acceptors (Lipinski definition) is 6. The van der Waals surface area contributed by atoms with Crippen molar-refractivity contribution >= 4 is 23.6 Å². The first-order valence-corrected chi connectivity index (χ1v) is 9.81. The lowest BCUT2D eigenvalue weighted by Crippen LogP contribution is -2.54. The van der Waals surface area contributed by atoms with E-state index >= 15 is 0 Å². The maximum absolute atomic E-state index is 13.0. The molecule has 3 heterocycles. The van der Waals surface area contributed by atoms with Gasteiger partial charge in [0.15, 0.2) is 0 Å². The number of hydrogen-bond donors (Lipinski definition) is 3. The Morgan fingerprint density at radius 3 is 2.57 bits per heavy atom. The van der Waals surface area contributed by atoms with Gasteiger partial charge < -0.3 is 10.6 Å². The third-order valence-corrected chi connectivity index (χ3v) is 5.76. The maximum Gasteiger partial charge on any atom is 0.262 e. The third kappa shape index (κ3) is 3.45. The molecule has 2 saturated heterocycles. The SMILES string of the molecule is O=C1CCC(N2C(=O)c3cccc(CNCC4CCNCC4)c3C2=O)C(=O)N1. The van der Waals surface area contributed by atoms with Crippen molar-refractivity contribution in [1.29, 1.82) is 0 Å². The summed E-state index contributed by atoms with van der Waals surface area (Å²) >= 11 is 0. The van der Waals surface area contributed by atoms with E-state index in [1.807, 2.05) is 6.07 Å². The minimum atomic E-state index is -0.930. The molecule has 148 valence electrons. The number of carbonyl (C=O) groups is 4. The van der Waals surface area contributed by atoms with Crippen molar-refractivity contribution in [3.05, 3.63) is 34.9 Å². The van der Waals surface area contributed by atoms with Crippen LogP contribution in [-0.4, -0.2) is 54.2 Å². The van der Waals surface area contributed by atoms with E-state index in [9.17, 15) is 19.2 Å². The van der Waals surface area contributed by atoms with Crippen molar-refractivity contribution in [2.45, 2.75) is 38.3 Å². The Labute approximate surface area is 163 Å². The summed E-state index contributed by atoms with van der Waals surface area (Å²) in [4.78, 5) is 50.4. The topological polar surface area (TPSA) is 108 Å². The molecule has 0 aromatic heterocycles. The number of imide groups is 2. The van der Waals surface area contributed by atoms with E-state index in [2.05, 4.69) is 16.0 Å². The first-order valence-electron chi connectivity index (χ1n) is 9.81. The summed E-state index contributed by atoms with van der Waals surface area (Å²) in [5.74, 6) is -1.27. The first kappa shape index (κ1) is 18.8. The largest absolute Gasteiger partial charge is 0.317 e. The summed E-state index contributed by atoms with van der Waals surface area (Å²) in [5, 5.41) is 8.97. The molecule has 0 bridgehead atoms. The van der Waals surface area contributed by atoms with Crippen molar-refractivity contribution in [2.24, 2.45) is 5.92 Å². The molecule has 0 radical (unpaired) electrons. The van der Waals surface area contributed by atoms with Crippen LogP contribution in [0.1, 0.15) is 52.0 Å². The lowest BCUT2D eigenvalue weighted by atomic mass is 9.97. The van der Waals surface area contributed by atoms with Crippen molar-refractivity contribution in [3.8, 4) is 0 Å². The van der Waals surface area contributed by atoms with Gasteiger partial charge in [-0.1, -0.05) is 12.1 Å². The number of amides is 4. The Hall–Kier alpha value is -2.58. The second kappa shape index (κ2) is 7.81. The van der Waals surface area contributed by atoms with E-state index in [1.165, 1.54) is 0 Å². The molecule has 3 N–H and O–H groups in total. The highest BCUT2D eigenvalue weighted by molar-refractivity contribution is 6.24. The summed E-state index contributed by atoms with van der Waals surface area (Å²) < 4.78 is 0. The van der Waals surface area contributed by atoms with Crippen LogP contribution in [-0.2, 0) is 16.1 Å². The Morgan fingerprint density at radius 2 is 1.82 bits per heavy atom. The molecule has 28 heavy (non-hydrogen) atoms. The summed E-state index contributed by atoms with van der Waals surface area (Å²) in [5.41, 5.74) is 1.46. The van der Waals surface area contributed by atoms with E-state index in [4.69, 9.17) is 0 Å². The minimum absolute atomic E-state index is 0.120. The fourth-order valence-corrected chi connectivity index (χ4v) is 4.23. The average molecular weight is 384 g/mol. The number of rotatable bonds is 5. The molecule has 1 aromatic carbocycles. The van der Waals surface area contributed by atoms with Gasteiger partial charge in [-0.05, 0) is 56.4 Å². The average Bonchev–Trinajstić information content (AvgIpc) is 2.94. The van der Waals surface area contributed by atoms with Gasteiger partial charge in [-0.15, -0.1) is 0 Å². The molecule has 8 nitrogen and oxygen atoms in total. The summed E-state index contributed by atoms with van der Waals surface area (Å²) in [6.45, 7) is 3.42. The Bertz CT molecular complexity index is 831. The van der Waals surface area contributed by atoms with Crippen molar-refractivity contribution < 1.29 is 19.2 Å². The van der Waals surface area contributed by atoms with E-state index < -0.39 is 23.8 Å². The molecular formula is C20H24N4O4. The molecule has 4 rings (SSSR count). The molecule has 1 unspecified atom stereocenters. The Balaban J connectivity index is 1.49. The third-order valence-electron chi connectivity index (χ3n) is 5.76. The highest BCUT2D eigenvalue weighted by Gasteiger charge is 2.45. The van der Waals surface area contributed by atoms with Crippen LogP contribution in [0.25, 0.3) is 0 Å². The van der Waals surface area contributed by atoms with Crippen molar-refractivity contribution in [3.63, 3.8) is 0 Å². The van der Waals surface area contributed by atoms with Crippen LogP contribution in [0, 0.1) is 5.92 Å². The maximum atomic E-state index is 13.0. The lowest BCUT2D eigenvalue weighted by molar-refractivity contribution is -0.136. The predicted molar refractivity (Wildman–Crippen MR) is 100 cm³/mol. The molecule has 3 aliphatic rings. The number of benzene rings is 1. The molecular weight excluding hydrogens is 360 g/mol. The molecule has 3 aliphatic heterocycles. The Kier molecular flexibility index (Phi) is 5.23. The fourth-order valence-electron chi connectivity index (χ4n) is 4.23. The van der Waals surface area contributed by atoms with Gasteiger partial charge in [0.1, 0.15) is 6.04 Å². The molecule has 4 amide bonds. The van der Waals surface area contributed by atoms with Crippen LogP contribution in [0.15, 0.2) is 18.2 Å². The van der Waals surface area contributed by atoms with E-state index in [0.717, 1.165) is 42.9 Å². The summed E-state index contributed by atoms with van der Waals surface area (Å²) in [6, 6.07) is 4.30. The first-order chi connectivity index (χ1) is 13.6. The van der Waals surface area contributed by atoms with Gasteiger partial charge >= 0.3 is 0 Å². The monoisotopic (exact) mass is 384 g/mol. The van der Waals surface area contributed by atoms with Crippen LogP contribution < -0.4 is 16.0 Å². The predicted octanol–water partition coefficient (Wildman–Crippen LogP) is 0.177. The lowest BCUT2D eigenvalue weighted by Gasteiger charge is -2.27. The van der Waals surface area contributed by atoms with Gasteiger partial charge in [0, 0.05) is 13.0 Å². The quantitative estimate of drug-likeness (QED) is 0.625. The van der Waals surface area contributed by atoms with E-state index in [-0.39, 0.29) is 18.7 Å². The van der Waals surface area contributed by atoms with Crippen LogP contribution >= 0.6 is 0 Å².